The molecular weight excluding hydrogens is 574 g/mol. The van der Waals surface area contributed by atoms with E-state index in [0.717, 1.165) is 0 Å². The van der Waals surface area contributed by atoms with Crippen LogP contribution in [0.1, 0.15) is 27.7 Å². The van der Waals surface area contributed by atoms with E-state index in [-0.39, 0.29) is 16.3 Å². The SMILES string of the molecule is CCOc1ccc(NC(=O)OC(C)C)cc1OCC.COC(=O)NC(=S)Nc1ccccc1NC(=S)NC(=O)OC. The minimum absolute atomic E-state index is 0.0490. The Morgan fingerprint density at radius 3 is 1.66 bits per heavy atom. The summed E-state index contributed by atoms with van der Waals surface area (Å²) in [5, 5.41) is 13.0. The van der Waals surface area contributed by atoms with Crippen molar-refractivity contribution in [3.63, 3.8) is 0 Å². The Balaban J connectivity index is 0.000000414. The lowest BCUT2D eigenvalue weighted by molar-refractivity contribution is 0.130. The number of carbonyl (C=O) groups excluding carboxylic acids is 3. The van der Waals surface area contributed by atoms with Gasteiger partial charge < -0.3 is 34.3 Å². The summed E-state index contributed by atoms with van der Waals surface area (Å²) < 4.78 is 24.8. The zero-order valence-corrected chi connectivity index (χ0v) is 25.2. The third kappa shape index (κ3) is 14.0. The lowest BCUT2D eigenvalue weighted by Gasteiger charge is -2.15. The molecule has 2 aromatic carbocycles. The number of thiocarbonyl (C=S) groups is 2. The van der Waals surface area contributed by atoms with Crippen molar-refractivity contribution in [1.82, 2.24) is 10.6 Å². The van der Waals surface area contributed by atoms with Gasteiger partial charge in [0.05, 0.1) is 44.9 Å². The van der Waals surface area contributed by atoms with E-state index in [4.69, 9.17) is 38.6 Å². The Hall–Kier alpha value is -4.37. The predicted molar refractivity (Wildman–Crippen MR) is 164 cm³/mol. The van der Waals surface area contributed by atoms with Crippen molar-refractivity contribution >= 4 is 70.0 Å². The Morgan fingerprint density at radius 1 is 0.732 bits per heavy atom. The van der Waals surface area contributed by atoms with E-state index in [0.29, 0.717) is 41.8 Å². The number of rotatable bonds is 8. The van der Waals surface area contributed by atoms with Crippen LogP contribution in [0.2, 0.25) is 0 Å². The van der Waals surface area contributed by atoms with Gasteiger partial charge >= 0.3 is 18.3 Å². The Kier molecular flexibility index (Phi) is 15.9. The first-order valence-electron chi connectivity index (χ1n) is 12.3. The Labute approximate surface area is 249 Å². The van der Waals surface area contributed by atoms with Gasteiger partial charge in [0.25, 0.3) is 0 Å². The lowest BCUT2D eigenvalue weighted by Crippen LogP contribution is -2.35. The van der Waals surface area contributed by atoms with Crippen molar-refractivity contribution in [3.8, 4) is 11.5 Å². The average molecular weight is 610 g/mol. The molecule has 5 N–H and O–H groups in total. The largest absolute Gasteiger partial charge is 0.490 e. The molecule has 3 amide bonds. The molecule has 224 valence electrons. The number of methoxy groups -OCH3 is 2. The monoisotopic (exact) mass is 609 g/mol. The minimum atomic E-state index is -0.689. The second-order valence-electron chi connectivity index (χ2n) is 7.79. The van der Waals surface area contributed by atoms with Crippen molar-refractivity contribution < 1.29 is 38.1 Å². The first-order chi connectivity index (χ1) is 19.5. The molecule has 15 heteroatoms. The number of ether oxygens (including phenoxy) is 5. The molecule has 0 atom stereocenters. The van der Waals surface area contributed by atoms with Crippen LogP contribution in [0.3, 0.4) is 0 Å². The van der Waals surface area contributed by atoms with Crippen LogP contribution in [0.15, 0.2) is 42.5 Å². The van der Waals surface area contributed by atoms with Crippen LogP contribution in [0.4, 0.5) is 31.4 Å². The molecule has 0 aromatic heterocycles. The number of nitrogens with one attached hydrogen (secondary N) is 5. The molecule has 41 heavy (non-hydrogen) atoms. The molecule has 13 nitrogen and oxygen atoms in total. The summed E-state index contributed by atoms with van der Waals surface area (Å²) in [7, 11) is 2.45. The first kappa shape index (κ1) is 34.7. The highest BCUT2D eigenvalue weighted by Gasteiger charge is 2.11. The quantitative estimate of drug-likeness (QED) is 0.196. The molecule has 0 aliphatic carbocycles. The molecule has 0 saturated heterocycles. The first-order valence-corrected chi connectivity index (χ1v) is 13.1. The summed E-state index contributed by atoms with van der Waals surface area (Å²) in [5.41, 5.74) is 1.69. The summed E-state index contributed by atoms with van der Waals surface area (Å²) in [6.45, 7) is 8.47. The topological polar surface area (TPSA) is 158 Å². The molecule has 2 aromatic rings. The van der Waals surface area contributed by atoms with Gasteiger partial charge in [-0.25, -0.2) is 14.4 Å². The highest BCUT2D eigenvalue weighted by atomic mass is 32.1. The van der Waals surface area contributed by atoms with Gasteiger partial charge in [0.2, 0.25) is 0 Å². The zero-order valence-electron chi connectivity index (χ0n) is 23.6. The molecule has 0 radical (unpaired) electrons. The van der Waals surface area contributed by atoms with Crippen LogP contribution in [-0.2, 0) is 14.2 Å². The molecule has 0 heterocycles. The maximum absolute atomic E-state index is 11.5. The molecule has 0 bridgehead atoms. The fourth-order valence-corrected chi connectivity index (χ4v) is 3.17. The summed E-state index contributed by atoms with van der Waals surface area (Å²) in [4.78, 5) is 33.6. The third-order valence-corrected chi connectivity index (χ3v) is 4.77. The summed E-state index contributed by atoms with van der Waals surface area (Å²) >= 11 is 9.93. The van der Waals surface area contributed by atoms with Crippen LogP contribution in [0.5, 0.6) is 11.5 Å². The van der Waals surface area contributed by atoms with E-state index < -0.39 is 18.3 Å². The molecule has 0 aliphatic heterocycles. The predicted octanol–water partition coefficient (Wildman–Crippen LogP) is 5.23. The van der Waals surface area contributed by atoms with Crippen LogP contribution in [-0.4, -0.2) is 62.0 Å². The molecule has 0 saturated carbocycles. The number of benzene rings is 2. The van der Waals surface area contributed by atoms with E-state index in [1.54, 1.807) is 56.3 Å². The van der Waals surface area contributed by atoms with Crippen molar-refractivity contribution in [3.05, 3.63) is 42.5 Å². The molecule has 0 spiro atoms. The van der Waals surface area contributed by atoms with Gasteiger partial charge in [0.15, 0.2) is 21.7 Å². The molecule has 0 aliphatic rings. The normalized spacial score (nSPS) is 9.63. The smallest absolute Gasteiger partial charge is 0.413 e. The van der Waals surface area contributed by atoms with E-state index in [1.807, 2.05) is 13.8 Å². The summed E-state index contributed by atoms with van der Waals surface area (Å²) in [5.74, 6) is 1.26. The van der Waals surface area contributed by atoms with Crippen molar-refractivity contribution in [2.75, 3.05) is 43.4 Å². The number of hydrogen-bond donors (Lipinski definition) is 5. The lowest BCUT2D eigenvalue weighted by atomic mass is 10.2. The summed E-state index contributed by atoms with van der Waals surface area (Å²) in [6.07, 6.45) is -2.02. The molecular formula is C26H35N5O8S2. The Morgan fingerprint density at radius 2 is 1.22 bits per heavy atom. The van der Waals surface area contributed by atoms with Gasteiger partial charge in [-0.1, -0.05) is 12.1 Å². The molecule has 0 fully saturated rings. The number of hydrogen-bond acceptors (Lipinski definition) is 10. The van der Waals surface area contributed by atoms with Crippen LogP contribution in [0, 0.1) is 0 Å². The van der Waals surface area contributed by atoms with Crippen molar-refractivity contribution in [1.29, 1.82) is 0 Å². The second kappa shape index (κ2) is 18.8. The Bertz CT molecular complexity index is 1150. The van der Waals surface area contributed by atoms with Gasteiger partial charge in [-0.3, -0.25) is 16.0 Å². The molecule has 2 rings (SSSR count). The van der Waals surface area contributed by atoms with Gasteiger partial charge in [-0.2, -0.15) is 0 Å². The van der Waals surface area contributed by atoms with Gasteiger partial charge in [0.1, 0.15) is 0 Å². The molecule has 0 unspecified atom stereocenters. The van der Waals surface area contributed by atoms with Crippen LogP contribution < -0.4 is 36.1 Å². The second-order valence-corrected chi connectivity index (χ2v) is 8.61. The maximum atomic E-state index is 11.5. The fraction of sp³-hybridized carbons (Fsp3) is 0.346. The van der Waals surface area contributed by atoms with E-state index >= 15 is 0 Å². The third-order valence-electron chi connectivity index (χ3n) is 4.36. The number of alkyl carbamates (subject to hydrolysis) is 2. The van der Waals surface area contributed by atoms with E-state index in [1.165, 1.54) is 14.2 Å². The van der Waals surface area contributed by atoms with Crippen molar-refractivity contribution in [2.24, 2.45) is 0 Å². The van der Waals surface area contributed by atoms with Crippen LogP contribution >= 0.6 is 24.4 Å². The average Bonchev–Trinajstić information content (AvgIpc) is 2.91. The van der Waals surface area contributed by atoms with Gasteiger partial charge in [-0.15, -0.1) is 0 Å². The highest BCUT2D eigenvalue weighted by Crippen LogP contribution is 2.30. The zero-order chi connectivity index (χ0) is 30.8. The number of para-hydroxylation sites is 2. The fourth-order valence-electron chi connectivity index (χ4n) is 2.79. The maximum Gasteiger partial charge on any atom is 0.413 e. The van der Waals surface area contributed by atoms with Crippen molar-refractivity contribution in [2.45, 2.75) is 33.8 Å². The standard InChI is InChI=1S/C14H21NO4.C12H14N4O4S2/c1-5-17-12-8-7-11(9-13(12)18-6-2)15-14(16)19-10(3)4;1-19-11(17)15-9(21)13-7-5-3-4-6-8(7)14-10(22)16-12(18)20-2/h7-10H,5-6H2,1-4H3,(H,15,16);3-6H,1-2H3,(H2,13,15,17,21)(H2,14,16,18,22). The number of anilines is 3. The number of carbonyl (C=O) groups is 3. The van der Waals surface area contributed by atoms with Gasteiger partial charge in [0, 0.05) is 11.8 Å². The van der Waals surface area contributed by atoms with Gasteiger partial charge in [-0.05, 0) is 76.4 Å². The van der Waals surface area contributed by atoms with E-state index in [9.17, 15) is 14.4 Å². The van der Waals surface area contributed by atoms with Crippen LogP contribution in [0.25, 0.3) is 0 Å². The minimum Gasteiger partial charge on any atom is -0.490 e. The van der Waals surface area contributed by atoms with E-state index in [2.05, 4.69) is 36.1 Å². The summed E-state index contributed by atoms with van der Waals surface area (Å²) in [6, 6.07) is 12.1. The number of amides is 3. The highest BCUT2D eigenvalue weighted by molar-refractivity contribution is 7.80.